The number of carbonyl (C=O) groups is 1. The van der Waals surface area contributed by atoms with E-state index >= 15 is 0 Å². The van der Waals surface area contributed by atoms with E-state index in [0.717, 1.165) is 10.0 Å². The van der Waals surface area contributed by atoms with E-state index in [1.54, 1.807) is 30.6 Å². The highest BCUT2D eigenvalue weighted by atomic mass is 79.9. The Kier molecular flexibility index (Phi) is 5.46. The van der Waals surface area contributed by atoms with Gasteiger partial charge in [0.05, 0.1) is 24.6 Å². The third kappa shape index (κ3) is 4.02. The van der Waals surface area contributed by atoms with Crippen molar-refractivity contribution in [1.29, 1.82) is 0 Å². The molecule has 0 atom stereocenters. The molecule has 0 saturated heterocycles. The third-order valence-corrected chi connectivity index (χ3v) is 3.50. The van der Waals surface area contributed by atoms with Gasteiger partial charge in [0.15, 0.2) is 5.11 Å². The Balaban J connectivity index is 2.14. The topological polar surface area (TPSA) is 63.2 Å². The van der Waals surface area contributed by atoms with Gasteiger partial charge in [-0.05, 0) is 49.0 Å². The predicted octanol–water partition coefficient (Wildman–Crippen LogP) is 3.29. The number of nitrogens with one attached hydrogen (secondary N) is 2. The smallest absolute Gasteiger partial charge is 0.261 e. The first-order valence-corrected chi connectivity index (χ1v) is 7.58. The molecule has 0 bridgehead atoms. The zero-order valence-electron chi connectivity index (χ0n) is 12.0. The summed E-state index contributed by atoms with van der Waals surface area (Å²) in [4.78, 5) is 16.3. The molecule has 0 unspecified atom stereocenters. The number of halogens is 1. The summed E-state index contributed by atoms with van der Waals surface area (Å²) in [6.07, 6.45) is 3.27. The highest BCUT2D eigenvalue weighted by molar-refractivity contribution is 9.10. The maximum Gasteiger partial charge on any atom is 0.261 e. The summed E-state index contributed by atoms with van der Waals surface area (Å²) in [5, 5.41) is 5.71. The molecule has 1 amide bonds. The van der Waals surface area contributed by atoms with Crippen molar-refractivity contribution < 1.29 is 9.53 Å². The average molecular weight is 380 g/mol. The number of benzene rings is 1. The third-order valence-electron chi connectivity index (χ3n) is 2.83. The van der Waals surface area contributed by atoms with Crippen LogP contribution in [0, 0.1) is 6.92 Å². The Labute approximate surface area is 142 Å². The quantitative estimate of drug-likeness (QED) is 0.801. The van der Waals surface area contributed by atoms with E-state index in [1.807, 2.05) is 13.0 Å². The minimum absolute atomic E-state index is 0.192. The van der Waals surface area contributed by atoms with Crippen LogP contribution in [0.15, 0.2) is 41.1 Å². The van der Waals surface area contributed by atoms with E-state index in [-0.39, 0.29) is 11.0 Å². The van der Waals surface area contributed by atoms with Gasteiger partial charge in [-0.25, -0.2) is 0 Å². The SMILES string of the molecule is COc1c(C)cc(Br)cc1C(=O)NC(=S)Nc1cccnc1. The number of hydrogen-bond donors (Lipinski definition) is 2. The first-order chi connectivity index (χ1) is 10.5. The molecule has 114 valence electrons. The van der Waals surface area contributed by atoms with Crippen LogP contribution in [0.5, 0.6) is 5.75 Å². The van der Waals surface area contributed by atoms with Crippen LogP contribution in [-0.4, -0.2) is 23.1 Å². The van der Waals surface area contributed by atoms with Gasteiger partial charge in [0, 0.05) is 10.7 Å². The van der Waals surface area contributed by atoms with Gasteiger partial charge in [-0.15, -0.1) is 0 Å². The fourth-order valence-corrected chi connectivity index (χ4v) is 2.72. The fraction of sp³-hybridized carbons (Fsp3) is 0.133. The summed E-state index contributed by atoms with van der Waals surface area (Å²) >= 11 is 8.51. The number of hydrogen-bond acceptors (Lipinski definition) is 4. The predicted molar refractivity (Wildman–Crippen MR) is 93.4 cm³/mol. The van der Waals surface area contributed by atoms with Crippen molar-refractivity contribution in [1.82, 2.24) is 10.3 Å². The molecule has 0 aliphatic carbocycles. The van der Waals surface area contributed by atoms with E-state index in [2.05, 4.69) is 31.5 Å². The summed E-state index contributed by atoms with van der Waals surface area (Å²) in [5.41, 5.74) is 1.96. The van der Waals surface area contributed by atoms with Crippen molar-refractivity contribution in [3.63, 3.8) is 0 Å². The van der Waals surface area contributed by atoms with Gasteiger partial charge in [0.1, 0.15) is 5.75 Å². The molecule has 0 saturated carbocycles. The Hall–Kier alpha value is -1.99. The van der Waals surface area contributed by atoms with E-state index in [1.165, 1.54) is 7.11 Å². The highest BCUT2D eigenvalue weighted by Gasteiger charge is 2.16. The molecular weight excluding hydrogens is 366 g/mol. The van der Waals surface area contributed by atoms with Crippen LogP contribution in [0.25, 0.3) is 0 Å². The normalized spacial score (nSPS) is 9.95. The molecule has 2 aromatic rings. The van der Waals surface area contributed by atoms with Crippen LogP contribution in [0.4, 0.5) is 5.69 Å². The van der Waals surface area contributed by atoms with E-state index < -0.39 is 0 Å². The molecule has 7 heteroatoms. The number of aromatic nitrogens is 1. The van der Waals surface area contributed by atoms with E-state index in [4.69, 9.17) is 17.0 Å². The number of thiocarbonyl (C=S) groups is 1. The number of ether oxygens (including phenoxy) is 1. The molecule has 5 nitrogen and oxygen atoms in total. The van der Waals surface area contributed by atoms with Crippen molar-refractivity contribution in [3.8, 4) is 5.75 Å². The number of methoxy groups -OCH3 is 1. The molecule has 0 fully saturated rings. The van der Waals surface area contributed by atoms with Crippen LogP contribution >= 0.6 is 28.1 Å². The van der Waals surface area contributed by atoms with Crippen LogP contribution in [0.1, 0.15) is 15.9 Å². The summed E-state index contributed by atoms with van der Waals surface area (Å²) in [7, 11) is 1.53. The Morgan fingerprint density at radius 3 is 2.82 bits per heavy atom. The molecule has 0 aliphatic rings. The number of pyridine rings is 1. The van der Waals surface area contributed by atoms with Crippen molar-refractivity contribution in [2.45, 2.75) is 6.92 Å². The maximum atomic E-state index is 12.4. The second kappa shape index (κ2) is 7.33. The molecule has 0 spiro atoms. The largest absolute Gasteiger partial charge is 0.496 e. The van der Waals surface area contributed by atoms with Gasteiger partial charge >= 0.3 is 0 Å². The molecular formula is C15H14BrN3O2S. The standard InChI is InChI=1S/C15H14BrN3O2S/c1-9-6-10(16)7-12(13(9)21-2)14(20)19-15(22)18-11-4-3-5-17-8-11/h3-8H,1-2H3,(H2,18,19,20,22). The first-order valence-electron chi connectivity index (χ1n) is 6.37. The van der Waals surface area contributed by atoms with Crippen molar-refractivity contribution in [2.24, 2.45) is 0 Å². The van der Waals surface area contributed by atoms with Gasteiger partial charge in [-0.1, -0.05) is 15.9 Å². The summed E-state index contributed by atoms with van der Waals surface area (Å²) in [6.45, 7) is 1.87. The highest BCUT2D eigenvalue weighted by Crippen LogP contribution is 2.27. The molecule has 0 radical (unpaired) electrons. The molecule has 1 heterocycles. The maximum absolute atomic E-state index is 12.4. The first kappa shape index (κ1) is 16.4. The van der Waals surface area contributed by atoms with Gasteiger partial charge in [0.25, 0.3) is 5.91 Å². The van der Waals surface area contributed by atoms with Gasteiger partial charge < -0.3 is 10.1 Å². The molecule has 0 aliphatic heterocycles. The summed E-state index contributed by atoms with van der Waals surface area (Å²) in [6, 6.07) is 7.14. The molecule has 22 heavy (non-hydrogen) atoms. The van der Waals surface area contributed by atoms with Crippen molar-refractivity contribution in [2.75, 3.05) is 12.4 Å². The monoisotopic (exact) mass is 379 g/mol. The van der Waals surface area contributed by atoms with Crippen molar-refractivity contribution >= 4 is 44.9 Å². The van der Waals surface area contributed by atoms with Gasteiger partial charge in [-0.3, -0.25) is 15.1 Å². The van der Waals surface area contributed by atoms with Crippen molar-refractivity contribution in [3.05, 3.63) is 52.3 Å². The second-order valence-corrected chi connectivity index (χ2v) is 5.78. The van der Waals surface area contributed by atoms with Crippen LogP contribution in [0.3, 0.4) is 0 Å². The number of aryl methyl sites for hydroxylation is 1. The second-order valence-electron chi connectivity index (χ2n) is 4.45. The van der Waals surface area contributed by atoms with Crippen LogP contribution < -0.4 is 15.4 Å². The number of anilines is 1. The summed E-state index contributed by atoms with van der Waals surface area (Å²) < 4.78 is 6.09. The molecule has 2 N–H and O–H groups in total. The number of amides is 1. The number of nitrogens with zero attached hydrogens (tertiary/aromatic N) is 1. The molecule has 1 aromatic carbocycles. The fourth-order valence-electron chi connectivity index (χ4n) is 1.94. The number of rotatable bonds is 3. The Bertz CT molecular complexity index is 707. The van der Waals surface area contributed by atoms with Gasteiger partial charge in [-0.2, -0.15) is 0 Å². The van der Waals surface area contributed by atoms with E-state index in [0.29, 0.717) is 17.0 Å². The zero-order valence-corrected chi connectivity index (χ0v) is 14.4. The zero-order chi connectivity index (χ0) is 16.1. The Morgan fingerprint density at radius 1 is 1.41 bits per heavy atom. The average Bonchev–Trinajstić information content (AvgIpc) is 2.47. The number of carbonyl (C=O) groups excluding carboxylic acids is 1. The lowest BCUT2D eigenvalue weighted by Gasteiger charge is -2.13. The van der Waals surface area contributed by atoms with E-state index in [9.17, 15) is 4.79 Å². The summed E-state index contributed by atoms with van der Waals surface area (Å²) in [5.74, 6) is 0.174. The minimum atomic E-state index is -0.345. The van der Waals surface area contributed by atoms with Crippen LogP contribution in [0.2, 0.25) is 0 Å². The Morgan fingerprint density at radius 2 is 2.18 bits per heavy atom. The lowest BCUT2D eigenvalue weighted by Crippen LogP contribution is -2.34. The van der Waals surface area contributed by atoms with Crippen LogP contribution in [-0.2, 0) is 0 Å². The lowest BCUT2D eigenvalue weighted by molar-refractivity contribution is 0.0974. The molecule has 2 rings (SSSR count). The lowest BCUT2D eigenvalue weighted by atomic mass is 10.1. The minimum Gasteiger partial charge on any atom is -0.496 e. The molecule has 1 aromatic heterocycles. The van der Waals surface area contributed by atoms with Gasteiger partial charge in [0.2, 0.25) is 0 Å².